The number of aryl methyl sites for hydroxylation is 3. The van der Waals surface area contributed by atoms with E-state index in [1.54, 1.807) is 15.9 Å². The summed E-state index contributed by atoms with van der Waals surface area (Å²) in [7, 11) is 0. The number of amides is 1. The maximum Gasteiger partial charge on any atom is 0.263 e. The summed E-state index contributed by atoms with van der Waals surface area (Å²) in [6, 6.07) is 7.95. The van der Waals surface area contributed by atoms with Crippen LogP contribution < -0.4 is 10.9 Å². The quantitative estimate of drug-likeness (QED) is 0.473. The lowest BCUT2D eigenvalue weighted by atomic mass is 10.1. The van der Waals surface area contributed by atoms with E-state index in [2.05, 4.69) is 31.0 Å². The summed E-state index contributed by atoms with van der Waals surface area (Å²) in [6.45, 7) is 12.5. The van der Waals surface area contributed by atoms with Crippen LogP contribution in [0.5, 0.6) is 0 Å². The standard InChI is InChI=1S/C25H34N4O2S/c1-6-9-10-19-11-13-20(14-12-19)26-22(30)16-29-21(15-28(7-2)8-3)27-24-23(25(29)31)17(4)18(5)32-24/h11-14H,6-10,15-16H2,1-5H3,(H,26,30). The van der Waals surface area contributed by atoms with Crippen LogP contribution in [0, 0.1) is 13.8 Å². The molecule has 3 aromatic rings. The molecule has 3 rings (SSSR count). The van der Waals surface area contributed by atoms with E-state index in [4.69, 9.17) is 4.98 Å². The SMILES string of the molecule is CCCCc1ccc(NC(=O)Cn2c(CN(CC)CC)nc3sc(C)c(C)c3c2=O)cc1. The van der Waals surface area contributed by atoms with E-state index in [0.717, 1.165) is 53.3 Å². The number of hydrogen-bond donors (Lipinski definition) is 1. The first kappa shape index (κ1) is 24.1. The highest BCUT2D eigenvalue weighted by Crippen LogP contribution is 2.26. The number of benzene rings is 1. The maximum atomic E-state index is 13.4. The van der Waals surface area contributed by atoms with Crippen molar-refractivity contribution in [1.29, 1.82) is 0 Å². The van der Waals surface area contributed by atoms with Crippen molar-refractivity contribution < 1.29 is 4.79 Å². The Balaban J connectivity index is 1.88. The lowest BCUT2D eigenvalue weighted by molar-refractivity contribution is -0.116. The monoisotopic (exact) mass is 454 g/mol. The van der Waals surface area contributed by atoms with E-state index >= 15 is 0 Å². The normalized spacial score (nSPS) is 11.4. The summed E-state index contributed by atoms with van der Waals surface area (Å²) in [4.78, 5) is 35.1. The summed E-state index contributed by atoms with van der Waals surface area (Å²) < 4.78 is 1.55. The Morgan fingerprint density at radius 2 is 1.81 bits per heavy atom. The van der Waals surface area contributed by atoms with Gasteiger partial charge in [-0.15, -0.1) is 11.3 Å². The molecular formula is C25H34N4O2S. The van der Waals surface area contributed by atoms with Gasteiger partial charge in [0.1, 0.15) is 17.2 Å². The fraction of sp³-hybridized carbons (Fsp3) is 0.480. The first-order chi connectivity index (χ1) is 15.4. The van der Waals surface area contributed by atoms with Crippen LogP contribution in [0.25, 0.3) is 10.2 Å². The van der Waals surface area contributed by atoms with Gasteiger partial charge < -0.3 is 5.32 Å². The highest BCUT2D eigenvalue weighted by Gasteiger charge is 2.19. The Bertz CT molecular complexity index is 1130. The predicted molar refractivity (Wildman–Crippen MR) is 134 cm³/mol. The first-order valence-electron chi connectivity index (χ1n) is 11.5. The molecule has 0 radical (unpaired) electrons. The number of aromatic nitrogens is 2. The number of rotatable bonds is 10. The van der Waals surface area contributed by atoms with Gasteiger partial charge in [0.25, 0.3) is 5.56 Å². The molecule has 0 atom stereocenters. The summed E-state index contributed by atoms with van der Waals surface area (Å²) in [5, 5.41) is 3.57. The highest BCUT2D eigenvalue weighted by atomic mass is 32.1. The first-order valence-corrected chi connectivity index (χ1v) is 12.3. The second-order valence-electron chi connectivity index (χ2n) is 8.19. The maximum absolute atomic E-state index is 13.4. The van der Waals surface area contributed by atoms with E-state index in [0.29, 0.717) is 17.8 Å². The number of hydrogen-bond acceptors (Lipinski definition) is 5. The number of unbranched alkanes of at least 4 members (excludes halogenated alkanes) is 1. The Morgan fingerprint density at radius 3 is 2.44 bits per heavy atom. The minimum Gasteiger partial charge on any atom is -0.325 e. The third kappa shape index (κ3) is 5.45. The van der Waals surface area contributed by atoms with Crippen LogP contribution in [0.15, 0.2) is 29.1 Å². The second kappa shape index (κ2) is 10.9. The zero-order valence-electron chi connectivity index (χ0n) is 19.8. The average Bonchev–Trinajstić information content (AvgIpc) is 3.07. The van der Waals surface area contributed by atoms with Crippen molar-refractivity contribution in [3.63, 3.8) is 0 Å². The fourth-order valence-corrected chi connectivity index (χ4v) is 4.82. The molecule has 0 aliphatic rings. The Labute approximate surface area is 194 Å². The van der Waals surface area contributed by atoms with E-state index < -0.39 is 0 Å². The van der Waals surface area contributed by atoms with Crippen LogP contribution in [0.4, 0.5) is 5.69 Å². The lowest BCUT2D eigenvalue weighted by Crippen LogP contribution is -2.34. The van der Waals surface area contributed by atoms with Gasteiger partial charge in [-0.05, 0) is 63.0 Å². The van der Waals surface area contributed by atoms with Crippen molar-refractivity contribution in [2.45, 2.75) is 67.0 Å². The van der Waals surface area contributed by atoms with E-state index in [1.165, 1.54) is 5.56 Å². The van der Waals surface area contributed by atoms with Crippen LogP contribution in [0.3, 0.4) is 0 Å². The molecule has 1 amide bonds. The molecule has 0 spiro atoms. The molecule has 0 saturated carbocycles. The summed E-state index contributed by atoms with van der Waals surface area (Å²) in [5.41, 5.74) is 2.82. The van der Waals surface area contributed by atoms with Crippen LogP contribution in [0.1, 0.15) is 55.4 Å². The number of thiophene rings is 1. The molecule has 0 saturated heterocycles. The number of carbonyl (C=O) groups excluding carboxylic acids is 1. The zero-order chi connectivity index (χ0) is 23.3. The molecular weight excluding hydrogens is 420 g/mol. The summed E-state index contributed by atoms with van der Waals surface area (Å²) in [6.07, 6.45) is 3.35. The Morgan fingerprint density at radius 1 is 1.12 bits per heavy atom. The number of anilines is 1. The molecule has 7 heteroatoms. The largest absolute Gasteiger partial charge is 0.325 e. The second-order valence-corrected chi connectivity index (χ2v) is 9.40. The van der Waals surface area contributed by atoms with Gasteiger partial charge in [-0.1, -0.05) is 39.3 Å². The minimum atomic E-state index is -0.222. The molecule has 0 unspecified atom stereocenters. The van der Waals surface area contributed by atoms with Crippen LogP contribution in [-0.4, -0.2) is 33.4 Å². The van der Waals surface area contributed by atoms with E-state index in [1.807, 2.05) is 38.1 Å². The lowest BCUT2D eigenvalue weighted by Gasteiger charge is -2.20. The molecule has 1 N–H and O–H groups in total. The molecule has 172 valence electrons. The Hall–Kier alpha value is -2.51. The van der Waals surface area contributed by atoms with Crippen LogP contribution >= 0.6 is 11.3 Å². The predicted octanol–water partition coefficient (Wildman–Crippen LogP) is 4.90. The molecule has 2 heterocycles. The van der Waals surface area contributed by atoms with Gasteiger partial charge in [0, 0.05) is 10.6 Å². The van der Waals surface area contributed by atoms with Crippen molar-refractivity contribution in [1.82, 2.24) is 14.5 Å². The van der Waals surface area contributed by atoms with Gasteiger partial charge in [0.05, 0.1) is 11.9 Å². The number of fused-ring (bicyclic) bond motifs is 1. The molecule has 0 bridgehead atoms. The molecule has 2 aromatic heterocycles. The number of nitrogens with one attached hydrogen (secondary N) is 1. The summed E-state index contributed by atoms with van der Waals surface area (Å²) in [5.74, 6) is 0.414. The third-order valence-corrected chi connectivity index (χ3v) is 7.09. The van der Waals surface area contributed by atoms with Gasteiger partial charge in [0.15, 0.2) is 0 Å². The van der Waals surface area contributed by atoms with Gasteiger partial charge in [-0.3, -0.25) is 19.1 Å². The fourth-order valence-electron chi connectivity index (χ4n) is 3.78. The van der Waals surface area contributed by atoms with Crippen molar-refractivity contribution in [3.05, 3.63) is 56.4 Å². The van der Waals surface area contributed by atoms with Crippen molar-refractivity contribution >= 4 is 33.1 Å². The van der Waals surface area contributed by atoms with Crippen molar-refractivity contribution in [2.75, 3.05) is 18.4 Å². The third-order valence-electron chi connectivity index (χ3n) is 5.99. The summed E-state index contributed by atoms with van der Waals surface area (Å²) >= 11 is 1.54. The smallest absolute Gasteiger partial charge is 0.263 e. The van der Waals surface area contributed by atoms with Gasteiger partial charge in [0.2, 0.25) is 5.91 Å². The van der Waals surface area contributed by atoms with Gasteiger partial charge in [-0.25, -0.2) is 4.98 Å². The highest BCUT2D eigenvalue weighted by molar-refractivity contribution is 7.18. The molecule has 1 aromatic carbocycles. The number of carbonyl (C=O) groups is 1. The number of nitrogens with zero attached hydrogens (tertiary/aromatic N) is 3. The van der Waals surface area contributed by atoms with Crippen molar-refractivity contribution in [3.8, 4) is 0 Å². The van der Waals surface area contributed by atoms with Crippen LogP contribution in [-0.2, 0) is 24.3 Å². The molecule has 6 nitrogen and oxygen atoms in total. The minimum absolute atomic E-state index is 0.0513. The van der Waals surface area contributed by atoms with E-state index in [-0.39, 0.29) is 18.0 Å². The molecule has 32 heavy (non-hydrogen) atoms. The average molecular weight is 455 g/mol. The molecule has 0 aliphatic carbocycles. The van der Waals surface area contributed by atoms with Crippen LogP contribution in [0.2, 0.25) is 0 Å². The molecule has 0 fully saturated rings. The van der Waals surface area contributed by atoms with Crippen molar-refractivity contribution in [2.24, 2.45) is 0 Å². The van der Waals surface area contributed by atoms with Gasteiger partial charge in [-0.2, -0.15) is 0 Å². The van der Waals surface area contributed by atoms with E-state index in [9.17, 15) is 9.59 Å². The topological polar surface area (TPSA) is 67.2 Å². The molecule has 0 aliphatic heterocycles. The van der Waals surface area contributed by atoms with Gasteiger partial charge >= 0.3 is 0 Å². The Kier molecular flexibility index (Phi) is 8.21. The zero-order valence-corrected chi connectivity index (χ0v) is 20.6.